The number of aryl methyl sites for hydroxylation is 2. The largest absolute Gasteiger partial charge is 0.454 e. The molecule has 7 nitrogen and oxygen atoms in total. The number of carbonyl (C=O) groups excluding carboxylic acids is 4. The molecule has 0 aromatic heterocycles. The molecule has 0 fully saturated rings. The van der Waals surface area contributed by atoms with Crippen molar-refractivity contribution in [1.29, 1.82) is 0 Å². The molecule has 1 aliphatic heterocycles. The number of nitrogens with zero attached hydrogens (tertiary/aromatic N) is 1. The van der Waals surface area contributed by atoms with E-state index in [0.29, 0.717) is 5.69 Å². The third-order valence-electron chi connectivity index (χ3n) is 5.55. The van der Waals surface area contributed by atoms with Gasteiger partial charge in [0, 0.05) is 5.69 Å². The summed E-state index contributed by atoms with van der Waals surface area (Å²) in [4.78, 5) is 52.5. The summed E-state index contributed by atoms with van der Waals surface area (Å²) in [7, 11) is 0. The van der Waals surface area contributed by atoms with Crippen molar-refractivity contribution in [2.45, 2.75) is 40.2 Å². The summed E-state index contributed by atoms with van der Waals surface area (Å²) >= 11 is 24.5. The first-order valence-corrected chi connectivity index (χ1v) is 12.1. The van der Waals surface area contributed by atoms with Crippen LogP contribution in [0.2, 0.25) is 20.1 Å². The van der Waals surface area contributed by atoms with Crippen LogP contribution in [0.5, 0.6) is 0 Å². The molecule has 0 bridgehead atoms. The first-order valence-electron chi connectivity index (χ1n) is 10.6. The molecule has 2 aromatic carbocycles. The fourth-order valence-corrected chi connectivity index (χ4v) is 4.67. The van der Waals surface area contributed by atoms with E-state index in [1.165, 1.54) is 0 Å². The average Bonchev–Trinajstić information content (AvgIpc) is 3.05. The van der Waals surface area contributed by atoms with Gasteiger partial charge < -0.3 is 10.1 Å². The number of fused-ring (bicyclic) bond motifs is 1. The molecule has 1 atom stereocenters. The van der Waals surface area contributed by atoms with Crippen LogP contribution in [0.3, 0.4) is 0 Å². The van der Waals surface area contributed by atoms with Crippen LogP contribution < -0.4 is 5.32 Å². The summed E-state index contributed by atoms with van der Waals surface area (Å²) in [6, 6.07) is 4.05. The number of hydrogen-bond donors (Lipinski definition) is 1. The maximum atomic E-state index is 13.2. The number of anilines is 1. The van der Waals surface area contributed by atoms with Crippen LogP contribution in [0.15, 0.2) is 18.2 Å². The van der Waals surface area contributed by atoms with Crippen LogP contribution in [0.1, 0.15) is 52.1 Å². The lowest BCUT2D eigenvalue weighted by atomic mass is 10.0. The Labute approximate surface area is 222 Å². The molecule has 11 heteroatoms. The van der Waals surface area contributed by atoms with Gasteiger partial charge in [0.05, 0.1) is 31.2 Å². The van der Waals surface area contributed by atoms with Crippen molar-refractivity contribution in [3.63, 3.8) is 0 Å². The Morgan fingerprint density at radius 3 is 1.94 bits per heavy atom. The van der Waals surface area contributed by atoms with Gasteiger partial charge in [-0.25, -0.2) is 4.79 Å². The summed E-state index contributed by atoms with van der Waals surface area (Å²) in [5.41, 5.74) is 2.14. The zero-order valence-corrected chi connectivity index (χ0v) is 22.3. The quantitative estimate of drug-likeness (QED) is 0.191. The molecular weight excluding hydrogens is 538 g/mol. The molecule has 3 amide bonds. The number of hydrogen-bond acceptors (Lipinski definition) is 5. The number of carbonyl (C=O) groups is 4. The Kier molecular flexibility index (Phi) is 8.37. The first kappa shape index (κ1) is 27.3. The number of ether oxygens (including phenoxy) is 1. The summed E-state index contributed by atoms with van der Waals surface area (Å²) in [5, 5.41) is 1.83. The molecule has 186 valence electrons. The Morgan fingerprint density at radius 1 is 0.914 bits per heavy atom. The first-order chi connectivity index (χ1) is 16.3. The van der Waals surface area contributed by atoms with Gasteiger partial charge in [0.1, 0.15) is 6.04 Å². The zero-order valence-electron chi connectivity index (χ0n) is 19.3. The highest BCUT2D eigenvalue weighted by Crippen LogP contribution is 2.45. The van der Waals surface area contributed by atoms with Gasteiger partial charge in [-0.3, -0.25) is 19.3 Å². The number of benzene rings is 2. The minimum Gasteiger partial charge on any atom is -0.454 e. The van der Waals surface area contributed by atoms with Crippen molar-refractivity contribution < 1.29 is 23.9 Å². The minimum absolute atomic E-state index is 0.0831. The van der Waals surface area contributed by atoms with E-state index < -0.39 is 36.3 Å². The third kappa shape index (κ3) is 5.43. The van der Waals surface area contributed by atoms with E-state index in [2.05, 4.69) is 5.32 Å². The van der Waals surface area contributed by atoms with Crippen molar-refractivity contribution in [2.75, 3.05) is 11.9 Å². The number of rotatable bonds is 7. The van der Waals surface area contributed by atoms with Crippen LogP contribution in [0.25, 0.3) is 0 Å². The number of halogens is 4. The summed E-state index contributed by atoms with van der Waals surface area (Å²) in [5.74, 6) is -3.31. The Balaban J connectivity index is 1.81. The maximum absolute atomic E-state index is 13.2. The fraction of sp³-hybridized carbons (Fsp3) is 0.333. The average molecular weight is 560 g/mol. The number of esters is 1. The molecule has 0 radical (unpaired) electrons. The summed E-state index contributed by atoms with van der Waals surface area (Å²) < 4.78 is 5.19. The highest BCUT2D eigenvalue weighted by molar-refractivity contribution is 6.55. The molecule has 1 aliphatic rings. The van der Waals surface area contributed by atoms with E-state index in [9.17, 15) is 19.2 Å². The molecule has 1 N–H and O–H groups in total. The molecule has 0 aliphatic carbocycles. The summed E-state index contributed by atoms with van der Waals surface area (Å²) in [6.45, 7) is 6.85. The smallest absolute Gasteiger partial charge is 0.329 e. The molecule has 0 saturated heterocycles. The van der Waals surface area contributed by atoms with Crippen LogP contribution in [0, 0.1) is 19.8 Å². The zero-order chi connectivity index (χ0) is 26.2. The van der Waals surface area contributed by atoms with Gasteiger partial charge in [-0.15, -0.1) is 0 Å². The lowest BCUT2D eigenvalue weighted by molar-refractivity contribution is -0.151. The second-order valence-corrected chi connectivity index (χ2v) is 10.1. The normalized spacial score (nSPS) is 13.8. The maximum Gasteiger partial charge on any atom is 0.329 e. The predicted molar refractivity (Wildman–Crippen MR) is 136 cm³/mol. The Hall–Kier alpha value is -2.32. The fourth-order valence-electron chi connectivity index (χ4n) is 3.65. The van der Waals surface area contributed by atoms with Crippen molar-refractivity contribution in [3.8, 4) is 0 Å². The summed E-state index contributed by atoms with van der Waals surface area (Å²) in [6.07, 6.45) is 0.0831. The molecule has 35 heavy (non-hydrogen) atoms. The molecule has 0 saturated carbocycles. The highest BCUT2D eigenvalue weighted by atomic mass is 35.5. The molecule has 2 aromatic rings. The number of nitrogens with one attached hydrogen (secondary N) is 1. The van der Waals surface area contributed by atoms with Crippen molar-refractivity contribution in [3.05, 3.63) is 60.5 Å². The van der Waals surface area contributed by atoms with Gasteiger partial charge in [-0.2, -0.15) is 0 Å². The van der Waals surface area contributed by atoms with E-state index in [1.807, 2.05) is 19.9 Å². The molecule has 0 spiro atoms. The van der Waals surface area contributed by atoms with Gasteiger partial charge in [0.15, 0.2) is 6.61 Å². The van der Waals surface area contributed by atoms with Crippen molar-refractivity contribution in [2.24, 2.45) is 5.92 Å². The van der Waals surface area contributed by atoms with Gasteiger partial charge in [0.25, 0.3) is 17.7 Å². The Bertz CT molecular complexity index is 1200. The van der Waals surface area contributed by atoms with Gasteiger partial charge in [-0.1, -0.05) is 66.3 Å². The van der Waals surface area contributed by atoms with Crippen LogP contribution in [-0.2, 0) is 14.3 Å². The third-order valence-corrected chi connectivity index (χ3v) is 7.35. The standard InChI is InChI=1S/C24H22Cl4N2O5/c1-10(2)7-14(24(34)35-9-15(31)29-13-6-5-11(3)12(4)8-13)30-22(32)16-17(23(30)33)19(26)21(28)20(27)18(16)25/h5-6,8,10,14H,7,9H2,1-4H3,(H,29,31)/t14-/m0/s1. The molecular formula is C24H22Cl4N2O5. The molecule has 3 rings (SSSR count). The van der Waals surface area contributed by atoms with Gasteiger partial charge in [-0.05, 0) is 49.4 Å². The second-order valence-electron chi connectivity index (χ2n) is 8.59. The van der Waals surface area contributed by atoms with Crippen LogP contribution in [0.4, 0.5) is 5.69 Å². The SMILES string of the molecule is Cc1ccc(NC(=O)COC(=O)[C@H](CC(C)C)N2C(=O)c3c(Cl)c(Cl)c(Cl)c(Cl)c3C2=O)cc1C. The molecule has 0 unspecified atom stereocenters. The van der Waals surface area contributed by atoms with Gasteiger partial charge >= 0.3 is 5.97 Å². The molecule has 1 heterocycles. The van der Waals surface area contributed by atoms with E-state index in [4.69, 9.17) is 51.1 Å². The predicted octanol–water partition coefficient (Wildman–Crippen LogP) is 6.11. The van der Waals surface area contributed by atoms with E-state index in [0.717, 1.165) is 16.0 Å². The lowest BCUT2D eigenvalue weighted by Crippen LogP contribution is -2.47. The highest BCUT2D eigenvalue weighted by Gasteiger charge is 2.47. The van der Waals surface area contributed by atoms with E-state index >= 15 is 0 Å². The monoisotopic (exact) mass is 558 g/mol. The van der Waals surface area contributed by atoms with Crippen molar-refractivity contribution >= 4 is 75.8 Å². The minimum atomic E-state index is -1.32. The van der Waals surface area contributed by atoms with E-state index in [1.54, 1.807) is 26.0 Å². The van der Waals surface area contributed by atoms with Crippen LogP contribution in [-0.4, -0.2) is 41.2 Å². The topological polar surface area (TPSA) is 92.8 Å². The number of imide groups is 1. The van der Waals surface area contributed by atoms with Crippen LogP contribution >= 0.6 is 46.4 Å². The van der Waals surface area contributed by atoms with Crippen molar-refractivity contribution in [1.82, 2.24) is 4.90 Å². The number of amides is 3. The van der Waals surface area contributed by atoms with E-state index in [-0.39, 0.29) is 43.6 Å². The Morgan fingerprint density at radius 2 is 1.46 bits per heavy atom. The van der Waals surface area contributed by atoms with Gasteiger partial charge in [0.2, 0.25) is 0 Å². The second kappa shape index (κ2) is 10.7. The lowest BCUT2D eigenvalue weighted by Gasteiger charge is -2.26.